The van der Waals surface area contributed by atoms with Crippen LogP contribution in [0.25, 0.3) is 0 Å². The van der Waals surface area contributed by atoms with Gasteiger partial charge in [0.15, 0.2) is 0 Å². The molecule has 2 fully saturated rings. The third-order valence-electron chi connectivity index (χ3n) is 5.42. The van der Waals surface area contributed by atoms with E-state index in [-0.39, 0.29) is 29.8 Å². The van der Waals surface area contributed by atoms with Crippen molar-refractivity contribution in [2.75, 3.05) is 32.7 Å². The molecule has 9 heteroatoms. The van der Waals surface area contributed by atoms with E-state index < -0.39 is 21.5 Å². The molecule has 0 saturated carbocycles. The van der Waals surface area contributed by atoms with Gasteiger partial charge < -0.3 is 9.80 Å². The molecule has 0 bridgehead atoms. The second-order valence-corrected chi connectivity index (χ2v) is 11.4. The Morgan fingerprint density at radius 3 is 2.31 bits per heavy atom. The van der Waals surface area contributed by atoms with Crippen LogP contribution in [0.3, 0.4) is 0 Å². The van der Waals surface area contributed by atoms with Gasteiger partial charge in [-0.05, 0) is 31.0 Å². The number of likely N-dealkylation sites (tertiary alicyclic amines) is 1. The maximum atomic E-state index is 13.1. The van der Waals surface area contributed by atoms with Gasteiger partial charge in [0.2, 0.25) is 21.8 Å². The van der Waals surface area contributed by atoms with Gasteiger partial charge in [0.25, 0.3) is 0 Å². The molecule has 0 N–H and O–H groups in total. The summed E-state index contributed by atoms with van der Waals surface area (Å²) in [6.07, 6.45) is 1.48. The van der Waals surface area contributed by atoms with Crippen molar-refractivity contribution in [3.63, 3.8) is 0 Å². The summed E-state index contributed by atoms with van der Waals surface area (Å²) in [4.78, 5) is 29.4. The summed E-state index contributed by atoms with van der Waals surface area (Å²) in [6.45, 7) is 7.35. The average Bonchev–Trinajstić information content (AvgIpc) is 3.15. The molecule has 0 aromatic heterocycles. The SMILES string of the molecule is CC(C)(C)C(=O)N1CCC[C@@H]1C(=O)N1CCN(S(=O)(=O)c2cccc(Br)c2)CC1. The Morgan fingerprint density at radius 1 is 1.07 bits per heavy atom. The molecule has 2 aliphatic rings. The zero-order chi connectivity index (χ0) is 21.4. The highest BCUT2D eigenvalue weighted by molar-refractivity contribution is 9.10. The smallest absolute Gasteiger partial charge is 0.245 e. The molecule has 2 amide bonds. The Hall–Kier alpha value is -1.45. The van der Waals surface area contributed by atoms with Gasteiger partial charge in [-0.2, -0.15) is 4.31 Å². The quantitative estimate of drug-likeness (QED) is 0.657. The maximum Gasteiger partial charge on any atom is 0.245 e. The summed E-state index contributed by atoms with van der Waals surface area (Å²) in [5.41, 5.74) is -0.528. The van der Waals surface area contributed by atoms with E-state index in [1.165, 1.54) is 4.31 Å². The van der Waals surface area contributed by atoms with E-state index >= 15 is 0 Å². The zero-order valence-electron chi connectivity index (χ0n) is 17.1. The van der Waals surface area contributed by atoms with Crippen molar-refractivity contribution in [2.24, 2.45) is 5.41 Å². The molecule has 3 rings (SSSR count). The minimum atomic E-state index is -3.60. The van der Waals surface area contributed by atoms with E-state index in [0.29, 0.717) is 30.5 Å². The van der Waals surface area contributed by atoms with Crippen LogP contribution in [0.2, 0.25) is 0 Å². The van der Waals surface area contributed by atoms with Gasteiger partial charge >= 0.3 is 0 Å². The van der Waals surface area contributed by atoms with Crippen LogP contribution >= 0.6 is 15.9 Å². The van der Waals surface area contributed by atoms with E-state index in [0.717, 1.165) is 6.42 Å². The number of hydrogen-bond acceptors (Lipinski definition) is 4. The number of piperazine rings is 1. The van der Waals surface area contributed by atoms with Crippen molar-refractivity contribution >= 4 is 37.8 Å². The Kier molecular flexibility index (Phi) is 6.41. The molecule has 2 heterocycles. The second kappa shape index (κ2) is 8.35. The molecule has 2 saturated heterocycles. The first-order valence-electron chi connectivity index (χ1n) is 9.87. The number of sulfonamides is 1. The second-order valence-electron chi connectivity index (χ2n) is 8.59. The first-order chi connectivity index (χ1) is 13.5. The van der Waals surface area contributed by atoms with Crippen LogP contribution in [0.15, 0.2) is 33.6 Å². The number of carbonyl (C=O) groups excluding carboxylic acids is 2. The number of carbonyl (C=O) groups is 2. The highest BCUT2D eigenvalue weighted by atomic mass is 79.9. The van der Waals surface area contributed by atoms with Crippen molar-refractivity contribution in [2.45, 2.75) is 44.6 Å². The molecule has 1 aromatic rings. The zero-order valence-corrected chi connectivity index (χ0v) is 19.5. The Balaban J connectivity index is 1.66. The Labute approximate surface area is 181 Å². The number of halogens is 1. The van der Waals surface area contributed by atoms with Gasteiger partial charge in [0.05, 0.1) is 4.90 Å². The summed E-state index contributed by atoms with van der Waals surface area (Å²) < 4.78 is 27.9. The van der Waals surface area contributed by atoms with E-state index in [4.69, 9.17) is 0 Å². The first-order valence-corrected chi connectivity index (χ1v) is 12.1. The molecule has 29 heavy (non-hydrogen) atoms. The molecule has 0 radical (unpaired) electrons. The first kappa shape index (κ1) is 22.2. The average molecular weight is 486 g/mol. The van der Waals surface area contributed by atoms with Gasteiger partial charge in [-0.25, -0.2) is 8.42 Å². The number of nitrogens with zero attached hydrogens (tertiary/aromatic N) is 3. The van der Waals surface area contributed by atoms with E-state index in [2.05, 4.69) is 15.9 Å². The largest absolute Gasteiger partial charge is 0.338 e. The summed E-state index contributed by atoms with van der Waals surface area (Å²) >= 11 is 3.31. The summed E-state index contributed by atoms with van der Waals surface area (Å²) in [5, 5.41) is 0. The lowest BCUT2D eigenvalue weighted by Crippen LogP contribution is -2.56. The fraction of sp³-hybridized carbons (Fsp3) is 0.600. The van der Waals surface area contributed by atoms with Crippen molar-refractivity contribution in [3.05, 3.63) is 28.7 Å². The lowest BCUT2D eigenvalue weighted by atomic mass is 9.94. The van der Waals surface area contributed by atoms with Gasteiger partial charge in [-0.3, -0.25) is 9.59 Å². The third-order valence-corrected chi connectivity index (χ3v) is 7.81. The molecule has 0 aliphatic carbocycles. The normalized spacial score (nSPS) is 21.4. The Morgan fingerprint density at radius 2 is 1.72 bits per heavy atom. The van der Waals surface area contributed by atoms with Gasteiger partial charge in [-0.15, -0.1) is 0 Å². The van der Waals surface area contributed by atoms with E-state index in [1.54, 1.807) is 34.1 Å². The molecular weight excluding hydrogens is 458 g/mol. The lowest BCUT2D eigenvalue weighted by Gasteiger charge is -2.37. The van der Waals surface area contributed by atoms with Gasteiger partial charge in [0.1, 0.15) is 6.04 Å². The van der Waals surface area contributed by atoms with Crippen molar-refractivity contribution in [3.8, 4) is 0 Å². The summed E-state index contributed by atoms with van der Waals surface area (Å²) in [6, 6.07) is 6.20. The maximum absolute atomic E-state index is 13.1. The van der Waals surface area contributed by atoms with E-state index in [9.17, 15) is 18.0 Å². The van der Waals surface area contributed by atoms with Crippen LogP contribution in [0, 0.1) is 5.41 Å². The fourth-order valence-corrected chi connectivity index (χ4v) is 5.85. The third kappa shape index (κ3) is 4.67. The van der Waals surface area contributed by atoms with Crippen molar-refractivity contribution in [1.82, 2.24) is 14.1 Å². The molecular formula is C20H28BrN3O4S. The molecule has 2 aliphatic heterocycles. The molecule has 0 unspecified atom stereocenters. The monoisotopic (exact) mass is 485 g/mol. The molecule has 1 atom stereocenters. The number of hydrogen-bond donors (Lipinski definition) is 0. The van der Waals surface area contributed by atoms with Crippen LogP contribution in [-0.4, -0.2) is 73.1 Å². The van der Waals surface area contributed by atoms with Crippen molar-refractivity contribution < 1.29 is 18.0 Å². The van der Waals surface area contributed by atoms with Gasteiger partial charge in [-0.1, -0.05) is 42.8 Å². The standard InChI is InChI=1S/C20H28BrN3O4S/c1-20(2,3)19(26)24-9-5-8-17(24)18(25)22-10-12-23(13-11-22)29(27,28)16-7-4-6-15(21)14-16/h4,6-7,14,17H,5,8-13H2,1-3H3/t17-/m1/s1. The fourth-order valence-electron chi connectivity index (χ4n) is 3.83. The highest BCUT2D eigenvalue weighted by Crippen LogP contribution is 2.27. The highest BCUT2D eigenvalue weighted by Gasteiger charge is 2.41. The number of rotatable bonds is 3. The number of amides is 2. The lowest BCUT2D eigenvalue weighted by molar-refractivity contribution is -0.148. The van der Waals surface area contributed by atoms with E-state index in [1.807, 2.05) is 20.8 Å². The summed E-state index contributed by atoms with van der Waals surface area (Å²) in [5.74, 6) is -0.0798. The van der Waals surface area contributed by atoms with Crippen LogP contribution in [0.1, 0.15) is 33.6 Å². The molecule has 1 aromatic carbocycles. The molecule has 160 valence electrons. The van der Waals surface area contributed by atoms with Gasteiger partial charge in [0, 0.05) is 42.6 Å². The Bertz CT molecular complexity index is 889. The number of benzene rings is 1. The van der Waals surface area contributed by atoms with Crippen LogP contribution in [-0.2, 0) is 19.6 Å². The predicted octanol–water partition coefficient (Wildman–Crippen LogP) is 2.32. The van der Waals surface area contributed by atoms with Crippen LogP contribution in [0.4, 0.5) is 0 Å². The van der Waals surface area contributed by atoms with Crippen LogP contribution < -0.4 is 0 Å². The minimum absolute atomic E-state index is 0.00998. The predicted molar refractivity (Wildman–Crippen MR) is 114 cm³/mol. The van der Waals surface area contributed by atoms with Crippen LogP contribution in [0.5, 0.6) is 0 Å². The minimum Gasteiger partial charge on any atom is -0.338 e. The van der Waals surface area contributed by atoms with Crippen molar-refractivity contribution in [1.29, 1.82) is 0 Å². The molecule has 0 spiro atoms. The topological polar surface area (TPSA) is 78.0 Å². The summed E-state index contributed by atoms with van der Waals surface area (Å²) in [7, 11) is -3.60. The molecule has 7 nitrogen and oxygen atoms in total.